The lowest BCUT2D eigenvalue weighted by Gasteiger charge is -2.00. The smallest absolute Gasteiger partial charge is 0.0857 e. The predicted molar refractivity (Wildman–Crippen MR) is 50.5 cm³/mol. The van der Waals surface area contributed by atoms with Gasteiger partial charge in [-0.2, -0.15) is 0 Å². The molecule has 1 rings (SSSR count). The van der Waals surface area contributed by atoms with E-state index in [1.54, 1.807) is 0 Å². The summed E-state index contributed by atoms with van der Waals surface area (Å²) in [6, 6.07) is 0. The van der Waals surface area contributed by atoms with Crippen molar-refractivity contribution in [3.8, 4) is 0 Å². The van der Waals surface area contributed by atoms with Gasteiger partial charge < -0.3 is 5.11 Å². The molecular formula is C9H17N3O. The van der Waals surface area contributed by atoms with E-state index in [1.165, 1.54) is 0 Å². The summed E-state index contributed by atoms with van der Waals surface area (Å²) in [6.07, 6.45) is 2.67. The van der Waals surface area contributed by atoms with E-state index in [2.05, 4.69) is 17.2 Å². The lowest BCUT2D eigenvalue weighted by molar-refractivity contribution is 0.288. The number of rotatable bonds is 5. The first-order valence-corrected chi connectivity index (χ1v) is 4.79. The Morgan fingerprint density at radius 3 is 2.85 bits per heavy atom. The molecule has 1 N–H and O–H groups in total. The van der Waals surface area contributed by atoms with Crippen LogP contribution < -0.4 is 0 Å². The molecule has 0 saturated carbocycles. The van der Waals surface area contributed by atoms with E-state index >= 15 is 0 Å². The molecule has 0 aliphatic carbocycles. The second kappa shape index (κ2) is 4.97. The summed E-state index contributed by atoms with van der Waals surface area (Å²) >= 11 is 0. The Labute approximate surface area is 78.6 Å². The molecule has 0 amide bonds. The van der Waals surface area contributed by atoms with Crippen molar-refractivity contribution < 1.29 is 5.11 Å². The van der Waals surface area contributed by atoms with Crippen LogP contribution in [0.3, 0.4) is 0 Å². The minimum atomic E-state index is 0.222. The van der Waals surface area contributed by atoms with Gasteiger partial charge in [0.2, 0.25) is 0 Å². The SMILES string of the molecule is CCCn1nnc(CCCO)c1C. The van der Waals surface area contributed by atoms with Gasteiger partial charge in [-0.1, -0.05) is 12.1 Å². The first-order chi connectivity index (χ1) is 6.29. The van der Waals surface area contributed by atoms with Gasteiger partial charge in [0.05, 0.1) is 11.4 Å². The number of hydrogen-bond donors (Lipinski definition) is 1. The Hall–Kier alpha value is -0.900. The third-order valence-corrected chi connectivity index (χ3v) is 2.09. The molecule has 0 spiro atoms. The summed E-state index contributed by atoms with van der Waals surface area (Å²) in [7, 11) is 0. The molecule has 1 heterocycles. The van der Waals surface area contributed by atoms with Crippen molar-refractivity contribution in [2.75, 3.05) is 6.61 Å². The summed E-state index contributed by atoms with van der Waals surface area (Å²) in [5.74, 6) is 0. The van der Waals surface area contributed by atoms with Crippen LogP contribution in [0, 0.1) is 6.92 Å². The van der Waals surface area contributed by atoms with Crippen molar-refractivity contribution in [1.29, 1.82) is 0 Å². The van der Waals surface area contributed by atoms with E-state index in [-0.39, 0.29) is 6.61 Å². The van der Waals surface area contributed by atoms with Gasteiger partial charge in [-0.05, 0) is 26.2 Å². The summed E-state index contributed by atoms with van der Waals surface area (Å²) in [5, 5.41) is 16.8. The van der Waals surface area contributed by atoms with Crippen molar-refractivity contribution >= 4 is 0 Å². The molecule has 0 radical (unpaired) electrons. The highest BCUT2D eigenvalue weighted by molar-refractivity contribution is 5.07. The summed E-state index contributed by atoms with van der Waals surface area (Å²) < 4.78 is 1.92. The number of aryl methyl sites for hydroxylation is 2. The van der Waals surface area contributed by atoms with Gasteiger partial charge >= 0.3 is 0 Å². The molecule has 0 aliphatic heterocycles. The van der Waals surface area contributed by atoms with Gasteiger partial charge in [-0.3, -0.25) is 0 Å². The van der Waals surface area contributed by atoms with E-state index in [0.29, 0.717) is 0 Å². The fourth-order valence-corrected chi connectivity index (χ4v) is 1.30. The Morgan fingerprint density at radius 1 is 1.46 bits per heavy atom. The Bertz CT molecular complexity index is 257. The van der Waals surface area contributed by atoms with Gasteiger partial charge in [0, 0.05) is 13.2 Å². The Morgan fingerprint density at radius 2 is 2.23 bits per heavy atom. The maximum atomic E-state index is 8.67. The van der Waals surface area contributed by atoms with Crippen LogP contribution in [0.25, 0.3) is 0 Å². The van der Waals surface area contributed by atoms with Gasteiger partial charge in [-0.15, -0.1) is 5.10 Å². The highest BCUT2D eigenvalue weighted by atomic mass is 16.2. The maximum absolute atomic E-state index is 8.67. The van der Waals surface area contributed by atoms with Crippen LogP contribution in [0.5, 0.6) is 0 Å². The van der Waals surface area contributed by atoms with Crippen LogP contribution in [0.2, 0.25) is 0 Å². The lowest BCUT2D eigenvalue weighted by atomic mass is 10.2. The zero-order valence-electron chi connectivity index (χ0n) is 8.32. The van der Waals surface area contributed by atoms with Crippen molar-refractivity contribution in [2.45, 2.75) is 39.7 Å². The Kier molecular flexibility index (Phi) is 3.89. The quantitative estimate of drug-likeness (QED) is 0.738. The second-order valence-corrected chi connectivity index (χ2v) is 3.17. The monoisotopic (exact) mass is 183 g/mol. The molecule has 0 aromatic carbocycles. The van der Waals surface area contributed by atoms with Gasteiger partial charge in [0.1, 0.15) is 0 Å². The molecule has 4 heteroatoms. The predicted octanol–water partition coefficient (Wildman–Crippen LogP) is 0.921. The number of nitrogens with zero attached hydrogens (tertiary/aromatic N) is 3. The van der Waals surface area contributed by atoms with Crippen LogP contribution >= 0.6 is 0 Å². The molecule has 0 unspecified atom stereocenters. The van der Waals surface area contributed by atoms with Crippen LogP contribution in [-0.2, 0) is 13.0 Å². The average Bonchev–Trinajstić information content (AvgIpc) is 2.46. The van der Waals surface area contributed by atoms with Gasteiger partial charge in [-0.25, -0.2) is 4.68 Å². The molecule has 0 atom stereocenters. The fraction of sp³-hybridized carbons (Fsp3) is 0.778. The zero-order chi connectivity index (χ0) is 9.68. The van der Waals surface area contributed by atoms with E-state index < -0.39 is 0 Å². The summed E-state index contributed by atoms with van der Waals surface area (Å²) in [5.41, 5.74) is 2.15. The minimum absolute atomic E-state index is 0.222. The standard InChI is InChI=1S/C9H17N3O/c1-3-6-12-8(2)9(10-11-12)5-4-7-13/h13H,3-7H2,1-2H3. The minimum Gasteiger partial charge on any atom is -0.396 e. The van der Waals surface area contributed by atoms with E-state index in [1.807, 2.05) is 11.6 Å². The topological polar surface area (TPSA) is 50.9 Å². The molecule has 74 valence electrons. The van der Waals surface area contributed by atoms with Crippen molar-refractivity contribution in [1.82, 2.24) is 15.0 Å². The molecule has 13 heavy (non-hydrogen) atoms. The molecule has 0 aliphatic rings. The third kappa shape index (κ3) is 2.52. The highest BCUT2D eigenvalue weighted by Crippen LogP contribution is 2.06. The summed E-state index contributed by atoms with van der Waals surface area (Å²) in [6.45, 7) is 5.30. The van der Waals surface area contributed by atoms with Crippen molar-refractivity contribution in [3.05, 3.63) is 11.4 Å². The van der Waals surface area contributed by atoms with Crippen LogP contribution in [0.4, 0.5) is 0 Å². The van der Waals surface area contributed by atoms with E-state index in [9.17, 15) is 0 Å². The van der Waals surface area contributed by atoms with Crippen LogP contribution in [0.1, 0.15) is 31.2 Å². The molecule has 0 fully saturated rings. The normalized spacial score (nSPS) is 10.7. The number of aliphatic hydroxyl groups is 1. The number of aliphatic hydroxyl groups excluding tert-OH is 1. The lowest BCUT2D eigenvalue weighted by Crippen LogP contribution is -2.01. The molecule has 0 saturated heterocycles. The first-order valence-electron chi connectivity index (χ1n) is 4.79. The van der Waals surface area contributed by atoms with E-state index in [4.69, 9.17) is 5.11 Å². The first kappa shape index (κ1) is 10.2. The van der Waals surface area contributed by atoms with Crippen molar-refractivity contribution in [2.24, 2.45) is 0 Å². The van der Waals surface area contributed by atoms with Crippen LogP contribution in [0.15, 0.2) is 0 Å². The van der Waals surface area contributed by atoms with Crippen LogP contribution in [-0.4, -0.2) is 26.7 Å². The van der Waals surface area contributed by atoms with Crippen molar-refractivity contribution in [3.63, 3.8) is 0 Å². The molecular weight excluding hydrogens is 166 g/mol. The number of aromatic nitrogens is 3. The molecule has 1 aromatic heterocycles. The largest absolute Gasteiger partial charge is 0.396 e. The Balaban J connectivity index is 2.62. The van der Waals surface area contributed by atoms with Gasteiger partial charge in [0.15, 0.2) is 0 Å². The highest BCUT2D eigenvalue weighted by Gasteiger charge is 2.06. The maximum Gasteiger partial charge on any atom is 0.0857 e. The summed E-state index contributed by atoms with van der Waals surface area (Å²) in [4.78, 5) is 0. The zero-order valence-corrected chi connectivity index (χ0v) is 8.32. The second-order valence-electron chi connectivity index (χ2n) is 3.17. The van der Waals surface area contributed by atoms with Gasteiger partial charge in [0.25, 0.3) is 0 Å². The molecule has 1 aromatic rings. The molecule has 4 nitrogen and oxygen atoms in total. The number of hydrogen-bond acceptors (Lipinski definition) is 3. The van der Waals surface area contributed by atoms with E-state index in [0.717, 1.165) is 37.2 Å². The third-order valence-electron chi connectivity index (χ3n) is 2.09. The average molecular weight is 183 g/mol. The fourth-order valence-electron chi connectivity index (χ4n) is 1.30. The molecule has 0 bridgehead atoms.